The Bertz CT molecular complexity index is 521. The molecule has 0 aliphatic heterocycles. The summed E-state index contributed by atoms with van der Waals surface area (Å²) in [5.41, 5.74) is 0.989. The number of hydrogen-bond donors (Lipinski definition) is 1. The molecule has 0 saturated heterocycles. The van der Waals surface area contributed by atoms with Gasteiger partial charge in [0.05, 0.1) is 5.69 Å². The van der Waals surface area contributed by atoms with Crippen LogP contribution in [0.25, 0.3) is 0 Å². The molecule has 0 heterocycles. The highest BCUT2D eigenvalue weighted by atomic mass is 35.5. The van der Waals surface area contributed by atoms with E-state index in [1.807, 2.05) is 0 Å². The highest BCUT2D eigenvalue weighted by Gasteiger charge is 2.53. The minimum Gasteiger partial charge on any atom is -0.380 e. The molecule has 4 bridgehead atoms. The number of benzene rings is 1. The molecule has 4 aliphatic carbocycles. The smallest absolute Gasteiger partial charge is 0.147 e. The summed E-state index contributed by atoms with van der Waals surface area (Å²) in [6.45, 7) is 2.25. The maximum atomic E-state index is 14.0. The second-order valence-corrected chi connectivity index (χ2v) is 8.21. The third-order valence-electron chi connectivity index (χ3n) is 6.31. The fraction of sp³-hybridized carbons (Fsp3) is 0.667. The molecule has 0 aromatic heterocycles. The van der Waals surface area contributed by atoms with Crippen molar-refractivity contribution in [3.8, 4) is 0 Å². The van der Waals surface area contributed by atoms with Gasteiger partial charge in [-0.2, -0.15) is 0 Å². The molecule has 1 N–H and O–H groups in total. The van der Waals surface area contributed by atoms with Crippen LogP contribution >= 0.6 is 11.6 Å². The van der Waals surface area contributed by atoms with E-state index in [0.29, 0.717) is 22.2 Å². The number of anilines is 1. The van der Waals surface area contributed by atoms with Crippen molar-refractivity contribution in [2.45, 2.75) is 51.5 Å². The molecule has 1 atom stereocenters. The minimum atomic E-state index is -0.237. The fourth-order valence-electron chi connectivity index (χ4n) is 5.70. The van der Waals surface area contributed by atoms with Gasteiger partial charge in [0.15, 0.2) is 0 Å². The van der Waals surface area contributed by atoms with Gasteiger partial charge in [0.2, 0.25) is 0 Å². The van der Waals surface area contributed by atoms with Gasteiger partial charge in [-0.05, 0) is 86.8 Å². The zero-order chi connectivity index (χ0) is 14.6. The first-order valence-electron chi connectivity index (χ1n) is 8.26. The Hall–Kier alpha value is -0.760. The summed E-state index contributed by atoms with van der Waals surface area (Å²) < 4.78 is 14.0. The first kappa shape index (κ1) is 13.9. The highest BCUT2D eigenvalue weighted by Crippen LogP contribution is 2.61. The molecular formula is C18H23ClFN. The lowest BCUT2D eigenvalue weighted by Gasteiger charge is -2.59. The van der Waals surface area contributed by atoms with Crippen LogP contribution < -0.4 is 5.32 Å². The van der Waals surface area contributed by atoms with E-state index in [9.17, 15) is 4.39 Å². The number of rotatable bonds is 3. The van der Waals surface area contributed by atoms with Crippen LogP contribution in [0.1, 0.15) is 45.4 Å². The van der Waals surface area contributed by atoms with Gasteiger partial charge in [-0.1, -0.05) is 11.6 Å². The predicted octanol–water partition coefficient (Wildman–Crippen LogP) is 5.50. The average molecular weight is 308 g/mol. The highest BCUT2D eigenvalue weighted by molar-refractivity contribution is 6.30. The summed E-state index contributed by atoms with van der Waals surface area (Å²) >= 11 is 5.84. The molecule has 0 amide bonds. The maximum absolute atomic E-state index is 14.0. The molecule has 21 heavy (non-hydrogen) atoms. The van der Waals surface area contributed by atoms with E-state index >= 15 is 0 Å². The number of halogens is 2. The van der Waals surface area contributed by atoms with Crippen molar-refractivity contribution in [1.82, 2.24) is 0 Å². The standard InChI is InChI=1S/C18H23ClFN/c1-11(21-17-3-2-15(19)7-16(17)20)18-8-12-4-13(9-18)6-14(5-12)10-18/h2-3,7,11-14,21H,4-6,8-10H2,1H3. The quantitative estimate of drug-likeness (QED) is 0.778. The molecule has 114 valence electrons. The van der Waals surface area contributed by atoms with Crippen molar-refractivity contribution >= 4 is 17.3 Å². The van der Waals surface area contributed by atoms with Gasteiger partial charge >= 0.3 is 0 Å². The van der Waals surface area contributed by atoms with Crippen LogP contribution in [0.2, 0.25) is 5.02 Å². The Labute approximate surface area is 131 Å². The van der Waals surface area contributed by atoms with Gasteiger partial charge in [-0.3, -0.25) is 0 Å². The summed E-state index contributed by atoms with van der Waals surface area (Å²) in [7, 11) is 0. The van der Waals surface area contributed by atoms with E-state index in [2.05, 4.69) is 12.2 Å². The summed E-state index contributed by atoms with van der Waals surface area (Å²) in [6, 6.07) is 5.27. The molecule has 1 aromatic rings. The third kappa shape index (κ3) is 2.36. The second-order valence-electron chi connectivity index (χ2n) is 7.77. The summed E-state index contributed by atoms with van der Waals surface area (Å²) in [6.07, 6.45) is 8.34. The first-order chi connectivity index (χ1) is 10.0. The monoisotopic (exact) mass is 307 g/mol. The lowest BCUT2D eigenvalue weighted by molar-refractivity contribution is -0.0602. The Morgan fingerprint density at radius 1 is 1.14 bits per heavy atom. The van der Waals surface area contributed by atoms with Crippen molar-refractivity contribution in [2.24, 2.45) is 23.2 Å². The van der Waals surface area contributed by atoms with Gasteiger partial charge in [0.1, 0.15) is 5.82 Å². The maximum Gasteiger partial charge on any atom is 0.147 e. The van der Waals surface area contributed by atoms with Crippen LogP contribution in [0, 0.1) is 29.0 Å². The van der Waals surface area contributed by atoms with Crippen LogP contribution in [0.5, 0.6) is 0 Å². The number of nitrogens with one attached hydrogen (secondary N) is 1. The molecule has 1 aromatic carbocycles. The Kier molecular flexibility index (Phi) is 3.22. The SMILES string of the molecule is CC(Nc1ccc(Cl)cc1F)C12CC3CC(CC(C3)C1)C2. The third-order valence-corrected chi connectivity index (χ3v) is 6.54. The Balaban J connectivity index is 1.56. The molecule has 3 heteroatoms. The second kappa shape index (κ2) is 4.87. The predicted molar refractivity (Wildman–Crippen MR) is 85.1 cm³/mol. The fourth-order valence-corrected chi connectivity index (χ4v) is 5.86. The van der Waals surface area contributed by atoms with Crippen molar-refractivity contribution in [3.05, 3.63) is 29.0 Å². The van der Waals surface area contributed by atoms with Gasteiger partial charge < -0.3 is 5.32 Å². The Morgan fingerprint density at radius 2 is 1.71 bits per heavy atom. The largest absolute Gasteiger partial charge is 0.380 e. The summed E-state index contributed by atoms with van der Waals surface area (Å²) in [4.78, 5) is 0. The molecule has 4 aliphatic rings. The Morgan fingerprint density at radius 3 is 2.24 bits per heavy atom. The molecular weight excluding hydrogens is 285 g/mol. The van der Waals surface area contributed by atoms with Gasteiger partial charge in [-0.25, -0.2) is 4.39 Å². The average Bonchev–Trinajstić information content (AvgIpc) is 2.40. The van der Waals surface area contributed by atoms with Crippen molar-refractivity contribution in [2.75, 3.05) is 5.32 Å². The van der Waals surface area contributed by atoms with Crippen LogP contribution in [0.4, 0.5) is 10.1 Å². The lowest BCUT2D eigenvalue weighted by Crippen LogP contribution is -2.52. The lowest BCUT2D eigenvalue weighted by atomic mass is 9.48. The van der Waals surface area contributed by atoms with Gasteiger partial charge in [0.25, 0.3) is 0 Å². The van der Waals surface area contributed by atoms with Crippen LogP contribution in [0.15, 0.2) is 18.2 Å². The molecule has 5 rings (SSSR count). The van der Waals surface area contributed by atoms with Crippen molar-refractivity contribution in [1.29, 1.82) is 0 Å². The molecule has 4 fully saturated rings. The topological polar surface area (TPSA) is 12.0 Å². The van der Waals surface area contributed by atoms with Gasteiger partial charge in [0, 0.05) is 11.1 Å². The normalized spacial score (nSPS) is 38.5. The molecule has 4 saturated carbocycles. The van der Waals surface area contributed by atoms with Crippen LogP contribution in [-0.4, -0.2) is 6.04 Å². The molecule has 1 unspecified atom stereocenters. The van der Waals surface area contributed by atoms with Crippen molar-refractivity contribution < 1.29 is 4.39 Å². The molecule has 1 nitrogen and oxygen atoms in total. The van der Waals surface area contributed by atoms with Crippen LogP contribution in [0.3, 0.4) is 0 Å². The number of hydrogen-bond acceptors (Lipinski definition) is 1. The van der Waals surface area contributed by atoms with E-state index < -0.39 is 0 Å². The molecule has 0 radical (unpaired) electrons. The van der Waals surface area contributed by atoms with E-state index in [4.69, 9.17) is 11.6 Å². The van der Waals surface area contributed by atoms with E-state index in [1.165, 1.54) is 44.6 Å². The molecule has 0 spiro atoms. The van der Waals surface area contributed by atoms with Crippen LogP contribution in [-0.2, 0) is 0 Å². The zero-order valence-electron chi connectivity index (χ0n) is 12.5. The minimum absolute atomic E-state index is 0.237. The van der Waals surface area contributed by atoms with Gasteiger partial charge in [-0.15, -0.1) is 0 Å². The van der Waals surface area contributed by atoms with E-state index in [1.54, 1.807) is 12.1 Å². The van der Waals surface area contributed by atoms with E-state index in [-0.39, 0.29) is 5.82 Å². The van der Waals surface area contributed by atoms with Crippen molar-refractivity contribution in [3.63, 3.8) is 0 Å². The summed E-state index contributed by atoms with van der Waals surface area (Å²) in [5.74, 6) is 2.54. The summed E-state index contributed by atoms with van der Waals surface area (Å²) in [5, 5.41) is 3.92. The zero-order valence-corrected chi connectivity index (χ0v) is 13.3. The first-order valence-corrected chi connectivity index (χ1v) is 8.63. The van der Waals surface area contributed by atoms with E-state index in [0.717, 1.165) is 17.8 Å².